The molecular formula is C13H18BrNO3. The Morgan fingerprint density at radius 2 is 2.39 bits per heavy atom. The van der Waals surface area contributed by atoms with E-state index < -0.39 is 0 Å². The summed E-state index contributed by atoms with van der Waals surface area (Å²) in [5.41, 5.74) is 1.22. The smallest absolute Gasteiger partial charge is 0.133 e. The van der Waals surface area contributed by atoms with Crippen molar-refractivity contribution < 1.29 is 14.6 Å². The molecule has 1 atom stereocenters. The average molecular weight is 316 g/mol. The van der Waals surface area contributed by atoms with Crippen LogP contribution in [0.1, 0.15) is 5.56 Å². The molecular weight excluding hydrogens is 298 g/mol. The molecule has 18 heavy (non-hydrogen) atoms. The van der Waals surface area contributed by atoms with E-state index in [4.69, 9.17) is 14.6 Å². The summed E-state index contributed by atoms with van der Waals surface area (Å²) in [4.78, 5) is 2.29. The van der Waals surface area contributed by atoms with Crippen molar-refractivity contribution in [2.45, 2.75) is 12.6 Å². The summed E-state index contributed by atoms with van der Waals surface area (Å²) in [6, 6.07) is 6.10. The van der Waals surface area contributed by atoms with Crippen LogP contribution in [0.5, 0.6) is 5.75 Å². The fourth-order valence-electron chi connectivity index (χ4n) is 2.10. The third kappa shape index (κ3) is 3.45. The second-order valence-electron chi connectivity index (χ2n) is 4.38. The predicted octanol–water partition coefficient (Wildman–Crippen LogP) is 1.65. The number of aliphatic hydroxyl groups is 1. The van der Waals surface area contributed by atoms with Crippen LogP contribution >= 0.6 is 15.9 Å². The fraction of sp³-hybridized carbons (Fsp3) is 0.538. The topological polar surface area (TPSA) is 41.9 Å². The first-order chi connectivity index (χ1) is 8.72. The standard InChI is InChI=1S/C13H18BrNO3/c1-17-13-3-2-10(6-12(13)14)7-15-4-5-18-11(8-15)9-16/h2-3,6,11,16H,4-5,7-9H2,1H3. The lowest BCUT2D eigenvalue weighted by Crippen LogP contribution is -2.43. The van der Waals surface area contributed by atoms with Gasteiger partial charge in [-0.05, 0) is 33.6 Å². The maximum Gasteiger partial charge on any atom is 0.133 e. The zero-order chi connectivity index (χ0) is 13.0. The minimum Gasteiger partial charge on any atom is -0.496 e. The van der Waals surface area contributed by atoms with E-state index in [-0.39, 0.29) is 12.7 Å². The minimum absolute atomic E-state index is 0.0551. The van der Waals surface area contributed by atoms with E-state index in [0.29, 0.717) is 6.61 Å². The number of halogens is 1. The monoisotopic (exact) mass is 315 g/mol. The Balaban J connectivity index is 1.98. The number of hydrogen-bond acceptors (Lipinski definition) is 4. The number of rotatable bonds is 4. The van der Waals surface area contributed by atoms with Gasteiger partial charge < -0.3 is 14.6 Å². The van der Waals surface area contributed by atoms with Crippen LogP contribution in [0, 0.1) is 0 Å². The number of hydrogen-bond donors (Lipinski definition) is 1. The molecule has 1 aromatic carbocycles. The zero-order valence-electron chi connectivity index (χ0n) is 10.4. The first kappa shape index (κ1) is 13.8. The van der Waals surface area contributed by atoms with E-state index in [1.165, 1.54) is 5.56 Å². The van der Waals surface area contributed by atoms with Gasteiger partial charge in [0.15, 0.2) is 0 Å². The summed E-state index contributed by atoms with van der Waals surface area (Å²) >= 11 is 3.49. The molecule has 1 aliphatic rings. The van der Waals surface area contributed by atoms with E-state index in [1.807, 2.05) is 6.07 Å². The number of nitrogens with zero attached hydrogens (tertiary/aromatic N) is 1. The second kappa shape index (κ2) is 6.52. The Labute approximate surface area is 116 Å². The molecule has 2 rings (SSSR count). The molecule has 0 aromatic heterocycles. The van der Waals surface area contributed by atoms with Gasteiger partial charge in [0.05, 0.1) is 30.9 Å². The third-order valence-electron chi connectivity index (χ3n) is 3.05. The summed E-state index contributed by atoms with van der Waals surface area (Å²) in [6.07, 6.45) is -0.0551. The van der Waals surface area contributed by atoms with Crippen LogP contribution in [0.25, 0.3) is 0 Å². The lowest BCUT2D eigenvalue weighted by molar-refractivity contribution is -0.0551. The van der Waals surface area contributed by atoms with Crippen LogP contribution in [0.3, 0.4) is 0 Å². The van der Waals surface area contributed by atoms with Crippen molar-refractivity contribution in [2.75, 3.05) is 33.4 Å². The lowest BCUT2D eigenvalue weighted by atomic mass is 10.2. The van der Waals surface area contributed by atoms with Crippen LogP contribution in [-0.4, -0.2) is 49.5 Å². The Bertz CT molecular complexity index is 400. The molecule has 0 radical (unpaired) electrons. The maximum atomic E-state index is 9.11. The zero-order valence-corrected chi connectivity index (χ0v) is 12.0. The fourth-order valence-corrected chi connectivity index (χ4v) is 2.69. The first-order valence-corrected chi connectivity index (χ1v) is 6.79. The van der Waals surface area contributed by atoms with Crippen LogP contribution in [-0.2, 0) is 11.3 Å². The number of morpholine rings is 1. The van der Waals surface area contributed by atoms with Gasteiger partial charge in [0, 0.05) is 19.6 Å². The number of ether oxygens (including phenoxy) is 2. The highest BCUT2D eigenvalue weighted by Crippen LogP contribution is 2.26. The van der Waals surface area contributed by atoms with Gasteiger partial charge >= 0.3 is 0 Å². The molecule has 100 valence electrons. The molecule has 0 amide bonds. The van der Waals surface area contributed by atoms with Crippen LogP contribution in [0.2, 0.25) is 0 Å². The predicted molar refractivity (Wildman–Crippen MR) is 72.8 cm³/mol. The first-order valence-electron chi connectivity index (χ1n) is 6.00. The highest BCUT2D eigenvalue weighted by molar-refractivity contribution is 9.10. The second-order valence-corrected chi connectivity index (χ2v) is 5.23. The molecule has 1 fully saturated rings. The van der Waals surface area contributed by atoms with Gasteiger partial charge in [0.25, 0.3) is 0 Å². The van der Waals surface area contributed by atoms with Gasteiger partial charge in [0.1, 0.15) is 5.75 Å². The lowest BCUT2D eigenvalue weighted by Gasteiger charge is -2.32. The molecule has 1 heterocycles. The highest BCUT2D eigenvalue weighted by atomic mass is 79.9. The quantitative estimate of drug-likeness (QED) is 0.917. The van der Waals surface area contributed by atoms with Crippen molar-refractivity contribution in [3.63, 3.8) is 0 Å². The minimum atomic E-state index is -0.0551. The Morgan fingerprint density at radius 3 is 3.06 bits per heavy atom. The molecule has 0 bridgehead atoms. The van der Waals surface area contributed by atoms with Crippen LogP contribution < -0.4 is 4.74 Å². The Kier molecular flexibility index (Phi) is 5.00. The van der Waals surface area contributed by atoms with Crippen LogP contribution in [0.15, 0.2) is 22.7 Å². The average Bonchev–Trinajstić information content (AvgIpc) is 2.39. The van der Waals surface area contributed by atoms with Gasteiger partial charge in [0.2, 0.25) is 0 Å². The molecule has 1 aromatic rings. The van der Waals surface area contributed by atoms with Gasteiger partial charge in [-0.25, -0.2) is 0 Å². The molecule has 1 saturated heterocycles. The van der Waals surface area contributed by atoms with Crippen LogP contribution in [0.4, 0.5) is 0 Å². The van der Waals surface area contributed by atoms with Crippen molar-refractivity contribution in [1.82, 2.24) is 4.90 Å². The molecule has 0 saturated carbocycles. The summed E-state index contributed by atoms with van der Waals surface area (Å²) in [7, 11) is 1.66. The van der Waals surface area contributed by atoms with Crippen molar-refractivity contribution in [1.29, 1.82) is 0 Å². The summed E-state index contributed by atoms with van der Waals surface area (Å²) < 4.78 is 11.6. The Morgan fingerprint density at radius 1 is 1.56 bits per heavy atom. The number of benzene rings is 1. The van der Waals surface area contributed by atoms with Gasteiger partial charge in [-0.3, -0.25) is 4.90 Å². The normalized spacial score (nSPS) is 20.9. The van der Waals surface area contributed by atoms with E-state index in [2.05, 4.69) is 33.0 Å². The van der Waals surface area contributed by atoms with Gasteiger partial charge in [-0.1, -0.05) is 6.07 Å². The highest BCUT2D eigenvalue weighted by Gasteiger charge is 2.19. The van der Waals surface area contributed by atoms with E-state index in [1.54, 1.807) is 7.11 Å². The van der Waals surface area contributed by atoms with Crippen molar-refractivity contribution >= 4 is 15.9 Å². The summed E-state index contributed by atoms with van der Waals surface area (Å²) in [6.45, 7) is 3.31. The molecule has 0 spiro atoms. The van der Waals surface area contributed by atoms with E-state index in [0.717, 1.165) is 29.9 Å². The van der Waals surface area contributed by atoms with Crippen molar-refractivity contribution in [3.05, 3.63) is 28.2 Å². The number of methoxy groups -OCH3 is 1. The molecule has 1 aliphatic heterocycles. The van der Waals surface area contributed by atoms with E-state index in [9.17, 15) is 0 Å². The largest absolute Gasteiger partial charge is 0.496 e. The summed E-state index contributed by atoms with van der Waals surface area (Å²) in [5, 5.41) is 9.11. The number of aliphatic hydroxyl groups excluding tert-OH is 1. The Hall–Kier alpha value is -0.620. The summed E-state index contributed by atoms with van der Waals surface area (Å²) in [5.74, 6) is 0.842. The third-order valence-corrected chi connectivity index (χ3v) is 3.67. The van der Waals surface area contributed by atoms with E-state index >= 15 is 0 Å². The van der Waals surface area contributed by atoms with Crippen molar-refractivity contribution in [3.8, 4) is 5.75 Å². The molecule has 0 aliphatic carbocycles. The molecule has 5 heteroatoms. The molecule has 1 N–H and O–H groups in total. The molecule has 1 unspecified atom stereocenters. The SMILES string of the molecule is COc1ccc(CN2CCOC(CO)C2)cc1Br. The molecule has 4 nitrogen and oxygen atoms in total. The van der Waals surface area contributed by atoms with Crippen molar-refractivity contribution in [2.24, 2.45) is 0 Å². The van der Waals surface area contributed by atoms with Gasteiger partial charge in [-0.15, -0.1) is 0 Å². The van der Waals surface area contributed by atoms with Gasteiger partial charge in [-0.2, -0.15) is 0 Å². The maximum absolute atomic E-state index is 9.11.